The highest BCUT2D eigenvalue weighted by molar-refractivity contribution is 5.25. The Morgan fingerprint density at radius 3 is 2.47 bits per heavy atom. The molecule has 0 radical (unpaired) electrons. The van der Waals surface area contributed by atoms with Gasteiger partial charge in [-0.2, -0.15) is 5.10 Å². The molecule has 3 heteroatoms. The molecule has 0 unspecified atom stereocenters. The van der Waals surface area contributed by atoms with E-state index in [1.54, 1.807) is 0 Å². The lowest BCUT2D eigenvalue weighted by Gasteiger charge is -2.13. The number of benzene rings is 1. The second-order valence-corrected chi connectivity index (χ2v) is 5.38. The van der Waals surface area contributed by atoms with Crippen molar-refractivity contribution in [2.45, 2.75) is 39.8 Å². The van der Waals surface area contributed by atoms with Gasteiger partial charge in [0, 0.05) is 17.8 Å². The normalized spacial score (nSPS) is 11.2. The number of hydrogen-bond donors (Lipinski definition) is 1. The topological polar surface area (TPSA) is 29.9 Å². The summed E-state index contributed by atoms with van der Waals surface area (Å²) in [4.78, 5) is 0. The Morgan fingerprint density at radius 2 is 1.89 bits per heavy atom. The predicted octanol–water partition coefficient (Wildman–Crippen LogP) is 3.08. The Kier molecular flexibility index (Phi) is 4.38. The molecule has 0 amide bonds. The third kappa shape index (κ3) is 3.24. The monoisotopic (exact) mass is 257 g/mol. The zero-order valence-corrected chi connectivity index (χ0v) is 12.3. The number of hydrogen-bond acceptors (Lipinski definition) is 2. The van der Waals surface area contributed by atoms with E-state index in [1.165, 1.54) is 22.4 Å². The summed E-state index contributed by atoms with van der Waals surface area (Å²) in [7, 11) is 1.97. The third-order valence-electron chi connectivity index (χ3n) is 3.33. The van der Waals surface area contributed by atoms with Gasteiger partial charge in [-0.25, -0.2) is 0 Å². The Morgan fingerprint density at radius 1 is 1.21 bits per heavy atom. The van der Waals surface area contributed by atoms with Crippen molar-refractivity contribution in [2.24, 2.45) is 0 Å². The van der Waals surface area contributed by atoms with Gasteiger partial charge in [-0.05, 0) is 25.5 Å². The van der Waals surface area contributed by atoms with Crippen LogP contribution in [0.5, 0.6) is 0 Å². The van der Waals surface area contributed by atoms with Crippen LogP contribution < -0.4 is 5.32 Å². The molecule has 1 N–H and O–H groups in total. The van der Waals surface area contributed by atoms with Gasteiger partial charge >= 0.3 is 0 Å². The van der Waals surface area contributed by atoms with Crippen molar-refractivity contribution >= 4 is 0 Å². The number of aromatic nitrogens is 2. The quantitative estimate of drug-likeness (QED) is 0.892. The second kappa shape index (κ2) is 6.02. The Bertz CT molecular complexity index is 523. The summed E-state index contributed by atoms with van der Waals surface area (Å²) < 4.78 is 2.13. The Labute approximate surface area is 115 Å². The van der Waals surface area contributed by atoms with Gasteiger partial charge in [0.1, 0.15) is 0 Å². The summed E-state index contributed by atoms with van der Waals surface area (Å²) in [5.74, 6) is 0.483. The molecule has 102 valence electrons. The maximum absolute atomic E-state index is 4.55. The van der Waals surface area contributed by atoms with E-state index >= 15 is 0 Å². The number of nitrogens with zero attached hydrogens (tertiary/aromatic N) is 2. The van der Waals surface area contributed by atoms with Crippen molar-refractivity contribution in [3.05, 3.63) is 52.8 Å². The summed E-state index contributed by atoms with van der Waals surface area (Å²) in [6, 6.07) is 8.67. The van der Waals surface area contributed by atoms with Crippen LogP contribution in [0.2, 0.25) is 0 Å². The molecule has 0 aliphatic heterocycles. The first-order valence-corrected chi connectivity index (χ1v) is 6.86. The maximum atomic E-state index is 4.55. The molecule has 19 heavy (non-hydrogen) atoms. The number of aryl methyl sites for hydroxylation is 1. The van der Waals surface area contributed by atoms with E-state index in [9.17, 15) is 0 Å². The summed E-state index contributed by atoms with van der Waals surface area (Å²) in [6.45, 7) is 8.28. The summed E-state index contributed by atoms with van der Waals surface area (Å²) in [5, 5.41) is 7.76. The van der Waals surface area contributed by atoms with Gasteiger partial charge in [0.2, 0.25) is 0 Å². The van der Waals surface area contributed by atoms with Crippen molar-refractivity contribution < 1.29 is 0 Å². The van der Waals surface area contributed by atoms with E-state index in [4.69, 9.17) is 0 Å². The van der Waals surface area contributed by atoms with E-state index in [0.717, 1.165) is 13.1 Å². The van der Waals surface area contributed by atoms with Crippen LogP contribution in [0, 0.1) is 6.92 Å². The molecule has 1 aromatic heterocycles. The van der Waals surface area contributed by atoms with Gasteiger partial charge in [0.05, 0.1) is 12.7 Å². The first-order chi connectivity index (χ1) is 9.11. The first-order valence-electron chi connectivity index (χ1n) is 6.86. The van der Waals surface area contributed by atoms with E-state index in [1.807, 2.05) is 13.2 Å². The third-order valence-corrected chi connectivity index (χ3v) is 3.33. The molecular weight excluding hydrogens is 234 g/mol. The average molecular weight is 257 g/mol. The van der Waals surface area contributed by atoms with Crippen LogP contribution in [0.25, 0.3) is 0 Å². The minimum atomic E-state index is 0.483. The molecule has 0 aliphatic rings. The molecule has 0 spiro atoms. The van der Waals surface area contributed by atoms with Crippen molar-refractivity contribution in [1.29, 1.82) is 0 Å². The van der Waals surface area contributed by atoms with Crippen molar-refractivity contribution in [1.82, 2.24) is 15.1 Å². The van der Waals surface area contributed by atoms with Crippen molar-refractivity contribution in [3.63, 3.8) is 0 Å². The molecular formula is C16H23N3. The van der Waals surface area contributed by atoms with Crippen LogP contribution in [0.1, 0.15) is 42.1 Å². The van der Waals surface area contributed by atoms with Crippen molar-refractivity contribution in [3.8, 4) is 0 Å². The lowest BCUT2D eigenvalue weighted by molar-refractivity contribution is 0.611. The standard InChI is InChI=1S/C16H23N3/c1-12(2)16-15(9-17-4)10-18-19(16)11-14-7-5-13(3)6-8-14/h5-8,10,12,17H,9,11H2,1-4H3. The lowest BCUT2D eigenvalue weighted by Crippen LogP contribution is -2.12. The van der Waals surface area contributed by atoms with Crippen LogP contribution in [-0.4, -0.2) is 16.8 Å². The molecule has 0 saturated carbocycles. The molecule has 1 aromatic carbocycles. The van der Waals surface area contributed by atoms with Crippen LogP contribution in [0.3, 0.4) is 0 Å². The fraction of sp³-hybridized carbons (Fsp3) is 0.438. The van der Waals surface area contributed by atoms with Crippen LogP contribution in [-0.2, 0) is 13.1 Å². The SMILES string of the molecule is CNCc1cnn(Cc2ccc(C)cc2)c1C(C)C. The highest BCUT2D eigenvalue weighted by atomic mass is 15.3. The van der Waals surface area contributed by atoms with E-state index in [-0.39, 0.29) is 0 Å². The highest BCUT2D eigenvalue weighted by Crippen LogP contribution is 2.20. The predicted molar refractivity (Wildman–Crippen MR) is 79.4 cm³/mol. The first kappa shape index (κ1) is 13.8. The molecule has 0 fully saturated rings. The van der Waals surface area contributed by atoms with Crippen molar-refractivity contribution in [2.75, 3.05) is 7.05 Å². The van der Waals surface area contributed by atoms with Crippen LogP contribution in [0.15, 0.2) is 30.5 Å². The number of nitrogens with one attached hydrogen (secondary N) is 1. The average Bonchev–Trinajstić information content (AvgIpc) is 2.76. The lowest BCUT2D eigenvalue weighted by atomic mass is 10.1. The minimum Gasteiger partial charge on any atom is -0.316 e. The fourth-order valence-electron chi connectivity index (χ4n) is 2.42. The minimum absolute atomic E-state index is 0.483. The Balaban J connectivity index is 2.26. The molecule has 0 aliphatic carbocycles. The van der Waals surface area contributed by atoms with Crippen LogP contribution >= 0.6 is 0 Å². The molecule has 0 atom stereocenters. The zero-order chi connectivity index (χ0) is 13.8. The van der Waals surface area contributed by atoms with Gasteiger partial charge in [0.25, 0.3) is 0 Å². The molecule has 3 nitrogen and oxygen atoms in total. The smallest absolute Gasteiger partial charge is 0.0662 e. The zero-order valence-electron chi connectivity index (χ0n) is 12.3. The fourth-order valence-corrected chi connectivity index (χ4v) is 2.42. The molecule has 0 saturated heterocycles. The summed E-state index contributed by atoms with van der Waals surface area (Å²) in [5.41, 5.74) is 5.22. The molecule has 2 aromatic rings. The highest BCUT2D eigenvalue weighted by Gasteiger charge is 2.13. The van der Waals surface area contributed by atoms with Crippen LogP contribution in [0.4, 0.5) is 0 Å². The van der Waals surface area contributed by atoms with Gasteiger partial charge < -0.3 is 5.32 Å². The molecule has 2 rings (SSSR count). The van der Waals surface area contributed by atoms with Gasteiger partial charge in [-0.1, -0.05) is 43.7 Å². The van der Waals surface area contributed by atoms with Gasteiger partial charge in [-0.15, -0.1) is 0 Å². The Hall–Kier alpha value is -1.61. The van der Waals surface area contributed by atoms with E-state index < -0.39 is 0 Å². The summed E-state index contributed by atoms with van der Waals surface area (Å²) >= 11 is 0. The van der Waals surface area contributed by atoms with E-state index in [0.29, 0.717) is 5.92 Å². The number of rotatable bonds is 5. The van der Waals surface area contributed by atoms with Gasteiger partial charge in [-0.3, -0.25) is 4.68 Å². The largest absolute Gasteiger partial charge is 0.316 e. The summed E-state index contributed by atoms with van der Waals surface area (Å²) in [6.07, 6.45) is 1.99. The maximum Gasteiger partial charge on any atom is 0.0662 e. The molecule has 0 bridgehead atoms. The van der Waals surface area contributed by atoms with E-state index in [2.05, 4.69) is 60.1 Å². The van der Waals surface area contributed by atoms with Gasteiger partial charge in [0.15, 0.2) is 0 Å². The molecule has 1 heterocycles. The second-order valence-electron chi connectivity index (χ2n) is 5.38.